The maximum absolute atomic E-state index is 10.2. The van der Waals surface area contributed by atoms with E-state index >= 15 is 0 Å². The number of rotatable bonds is 0. The van der Waals surface area contributed by atoms with Crippen LogP contribution in [0.4, 0.5) is 0 Å². The minimum atomic E-state index is -1.85. The van der Waals surface area contributed by atoms with Crippen LogP contribution in [0.25, 0.3) is 11.1 Å². The van der Waals surface area contributed by atoms with Gasteiger partial charge in [-0.2, -0.15) is 0 Å². The van der Waals surface area contributed by atoms with Crippen LogP contribution >= 0.6 is 0 Å². The average molecular weight is 212 g/mol. The SMILES string of the molecule is Cc1ccc2c(c1)C(O)(O)c1ccccc1-2. The van der Waals surface area contributed by atoms with Crippen LogP contribution in [0.3, 0.4) is 0 Å². The quantitative estimate of drug-likeness (QED) is 0.657. The summed E-state index contributed by atoms with van der Waals surface area (Å²) in [6.07, 6.45) is 0. The number of benzene rings is 2. The van der Waals surface area contributed by atoms with Crippen molar-refractivity contribution in [2.75, 3.05) is 0 Å². The second kappa shape index (κ2) is 2.94. The molecule has 1 aliphatic rings. The predicted molar refractivity (Wildman–Crippen MR) is 61.8 cm³/mol. The van der Waals surface area contributed by atoms with E-state index in [9.17, 15) is 10.2 Å². The Kier molecular flexibility index (Phi) is 1.76. The summed E-state index contributed by atoms with van der Waals surface area (Å²) >= 11 is 0. The standard InChI is InChI=1S/C14H12O2/c1-9-6-7-11-10-4-2-3-5-12(10)14(15,16)13(11)8-9/h2-8,15-16H,1H3. The minimum Gasteiger partial charge on any atom is -0.358 e. The van der Waals surface area contributed by atoms with Gasteiger partial charge in [-0.1, -0.05) is 42.0 Å². The number of hydrogen-bond donors (Lipinski definition) is 2. The first kappa shape index (κ1) is 9.58. The topological polar surface area (TPSA) is 40.5 Å². The Balaban J connectivity index is 2.39. The molecule has 1 aliphatic carbocycles. The smallest absolute Gasteiger partial charge is 0.218 e. The largest absolute Gasteiger partial charge is 0.358 e. The Morgan fingerprint density at radius 1 is 0.875 bits per heavy atom. The molecule has 2 N–H and O–H groups in total. The molecular formula is C14H12O2. The van der Waals surface area contributed by atoms with E-state index in [1.165, 1.54) is 0 Å². The van der Waals surface area contributed by atoms with E-state index in [4.69, 9.17) is 0 Å². The van der Waals surface area contributed by atoms with Crippen molar-refractivity contribution in [3.63, 3.8) is 0 Å². The molecule has 0 amide bonds. The molecule has 0 radical (unpaired) electrons. The zero-order valence-electron chi connectivity index (χ0n) is 8.94. The van der Waals surface area contributed by atoms with Gasteiger partial charge in [-0.3, -0.25) is 0 Å². The molecule has 0 heterocycles. The summed E-state index contributed by atoms with van der Waals surface area (Å²) in [6, 6.07) is 13.1. The molecule has 0 unspecified atom stereocenters. The summed E-state index contributed by atoms with van der Waals surface area (Å²) in [6.45, 7) is 1.94. The van der Waals surface area contributed by atoms with Gasteiger partial charge in [0.2, 0.25) is 5.79 Å². The second-order valence-electron chi connectivity index (χ2n) is 4.27. The first-order valence-corrected chi connectivity index (χ1v) is 5.26. The predicted octanol–water partition coefficient (Wildman–Crippen LogP) is 2.16. The van der Waals surface area contributed by atoms with Crippen molar-refractivity contribution in [2.24, 2.45) is 0 Å². The molecule has 2 aromatic carbocycles. The highest BCUT2D eigenvalue weighted by Gasteiger charge is 2.39. The third-order valence-corrected chi connectivity index (χ3v) is 3.14. The van der Waals surface area contributed by atoms with Crippen molar-refractivity contribution >= 4 is 0 Å². The summed E-state index contributed by atoms with van der Waals surface area (Å²) in [5.41, 5.74) is 3.98. The Labute approximate surface area is 93.8 Å². The van der Waals surface area contributed by atoms with E-state index < -0.39 is 5.79 Å². The molecule has 3 rings (SSSR count). The highest BCUT2D eigenvalue weighted by atomic mass is 16.5. The molecule has 0 saturated heterocycles. The van der Waals surface area contributed by atoms with Crippen molar-refractivity contribution in [2.45, 2.75) is 12.7 Å². The van der Waals surface area contributed by atoms with Gasteiger partial charge in [-0.25, -0.2) is 0 Å². The third-order valence-electron chi connectivity index (χ3n) is 3.14. The van der Waals surface area contributed by atoms with Gasteiger partial charge in [0.1, 0.15) is 0 Å². The van der Waals surface area contributed by atoms with Gasteiger partial charge in [0.25, 0.3) is 0 Å². The molecule has 2 aromatic rings. The fraction of sp³-hybridized carbons (Fsp3) is 0.143. The van der Waals surface area contributed by atoms with E-state index in [-0.39, 0.29) is 0 Å². The zero-order chi connectivity index (χ0) is 11.3. The van der Waals surface area contributed by atoms with Gasteiger partial charge in [0.15, 0.2) is 0 Å². The maximum atomic E-state index is 10.2. The Morgan fingerprint density at radius 3 is 2.38 bits per heavy atom. The monoisotopic (exact) mass is 212 g/mol. The molecule has 2 heteroatoms. The van der Waals surface area contributed by atoms with Crippen LogP contribution in [0.5, 0.6) is 0 Å². The van der Waals surface area contributed by atoms with Crippen LogP contribution < -0.4 is 0 Å². The molecule has 0 atom stereocenters. The van der Waals surface area contributed by atoms with E-state index in [1.54, 1.807) is 6.07 Å². The first-order chi connectivity index (χ1) is 7.60. The van der Waals surface area contributed by atoms with Crippen molar-refractivity contribution < 1.29 is 10.2 Å². The number of aryl methyl sites for hydroxylation is 1. The summed E-state index contributed by atoms with van der Waals surface area (Å²) in [7, 11) is 0. The molecule has 0 aliphatic heterocycles. The number of fused-ring (bicyclic) bond motifs is 3. The lowest BCUT2D eigenvalue weighted by Gasteiger charge is -2.18. The molecule has 80 valence electrons. The van der Waals surface area contributed by atoms with Crippen molar-refractivity contribution in [1.82, 2.24) is 0 Å². The fourth-order valence-corrected chi connectivity index (χ4v) is 2.35. The lowest BCUT2D eigenvalue weighted by Crippen LogP contribution is -2.23. The summed E-state index contributed by atoms with van der Waals surface area (Å²) < 4.78 is 0. The van der Waals surface area contributed by atoms with Crippen molar-refractivity contribution in [3.8, 4) is 11.1 Å². The van der Waals surface area contributed by atoms with Crippen LogP contribution in [0, 0.1) is 6.92 Å². The summed E-state index contributed by atoms with van der Waals surface area (Å²) in [5.74, 6) is -1.85. The molecule has 0 bridgehead atoms. The van der Waals surface area contributed by atoms with Crippen molar-refractivity contribution in [1.29, 1.82) is 0 Å². The van der Waals surface area contributed by atoms with Gasteiger partial charge >= 0.3 is 0 Å². The molecule has 2 nitrogen and oxygen atoms in total. The number of aliphatic hydroxyl groups is 2. The summed E-state index contributed by atoms with van der Waals surface area (Å²) in [4.78, 5) is 0. The fourth-order valence-electron chi connectivity index (χ4n) is 2.35. The highest BCUT2D eigenvalue weighted by Crippen LogP contribution is 2.45. The van der Waals surface area contributed by atoms with Gasteiger partial charge in [0.05, 0.1) is 0 Å². The molecular weight excluding hydrogens is 200 g/mol. The Hall–Kier alpha value is -1.64. The molecule has 16 heavy (non-hydrogen) atoms. The molecule has 0 fully saturated rings. The van der Waals surface area contributed by atoms with Gasteiger partial charge in [0, 0.05) is 11.1 Å². The molecule has 0 aromatic heterocycles. The van der Waals surface area contributed by atoms with E-state index in [0.717, 1.165) is 16.7 Å². The van der Waals surface area contributed by atoms with Crippen LogP contribution in [0.2, 0.25) is 0 Å². The summed E-state index contributed by atoms with van der Waals surface area (Å²) in [5, 5.41) is 20.4. The lowest BCUT2D eigenvalue weighted by atomic mass is 10.0. The average Bonchev–Trinajstić information content (AvgIpc) is 2.49. The second-order valence-corrected chi connectivity index (χ2v) is 4.27. The van der Waals surface area contributed by atoms with Gasteiger partial charge in [-0.05, 0) is 24.1 Å². The molecule has 0 spiro atoms. The minimum absolute atomic E-state index is 0.565. The van der Waals surface area contributed by atoms with Crippen LogP contribution in [-0.4, -0.2) is 10.2 Å². The van der Waals surface area contributed by atoms with Crippen molar-refractivity contribution in [3.05, 3.63) is 59.2 Å². The van der Waals surface area contributed by atoms with Gasteiger partial charge in [-0.15, -0.1) is 0 Å². The van der Waals surface area contributed by atoms with E-state index in [1.807, 2.05) is 43.3 Å². The first-order valence-electron chi connectivity index (χ1n) is 5.26. The highest BCUT2D eigenvalue weighted by molar-refractivity contribution is 5.79. The lowest BCUT2D eigenvalue weighted by molar-refractivity contribution is -0.128. The normalized spacial score (nSPS) is 15.7. The van der Waals surface area contributed by atoms with Crippen LogP contribution in [0.15, 0.2) is 42.5 Å². The Bertz CT molecular complexity index is 571. The van der Waals surface area contributed by atoms with E-state index in [2.05, 4.69) is 0 Å². The van der Waals surface area contributed by atoms with E-state index in [0.29, 0.717) is 11.1 Å². The van der Waals surface area contributed by atoms with Crippen LogP contribution in [0.1, 0.15) is 16.7 Å². The zero-order valence-corrected chi connectivity index (χ0v) is 8.94. The van der Waals surface area contributed by atoms with Crippen LogP contribution in [-0.2, 0) is 5.79 Å². The Morgan fingerprint density at radius 2 is 1.56 bits per heavy atom. The number of hydrogen-bond acceptors (Lipinski definition) is 2. The maximum Gasteiger partial charge on any atom is 0.218 e. The van der Waals surface area contributed by atoms with Gasteiger partial charge < -0.3 is 10.2 Å². The molecule has 0 saturated carbocycles. The third kappa shape index (κ3) is 1.08.